The molecule has 2 rings (SSSR count). The van der Waals surface area contributed by atoms with Gasteiger partial charge in [0, 0.05) is 12.6 Å². The highest BCUT2D eigenvalue weighted by molar-refractivity contribution is 7.58. The average Bonchev–Trinajstić information content (AvgIpc) is 3.05. The Bertz CT molecular complexity index is 936. The van der Waals surface area contributed by atoms with E-state index in [0.717, 1.165) is 22.1 Å². The number of phosphoric acid groups is 2. The molecule has 0 radical (unpaired) electrons. The smallest absolute Gasteiger partial charge is 0.473 e. The molecule has 0 bridgehead atoms. The van der Waals surface area contributed by atoms with Crippen molar-refractivity contribution in [1.82, 2.24) is 9.55 Å². The molecule has 0 aromatic carbocycles. The van der Waals surface area contributed by atoms with Gasteiger partial charge in [-0.05, 0) is 6.07 Å². The zero-order valence-corrected chi connectivity index (χ0v) is 24.7. The number of nitrogens with zero attached hydrogens (tertiary/aromatic N) is 4. The summed E-state index contributed by atoms with van der Waals surface area (Å²) in [5, 5.41) is 35.2. The van der Waals surface area contributed by atoms with Gasteiger partial charge in [0.15, 0.2) is 0 Å². The number of ether oxygens (including phenoxy) is 1. The molecule has 1 aromatic heterocycles. The van der Waals surface area contributed by atoms with E-state index < -0.39 is 39.8 Å². The molecule has 0 unspecified atom stereocenters. The minimum absolute atomic E-state index is 0.138. The standard InChI is InChI=1S/C9H13N3O4.2C5H14NO.H4O7P2/c10-7-1-2-12(9(15)11-7)8-3-5(14)6(4-13)16-8;2*1-6(2,3)4-5-7;1-8(2,3)7-9(4,5)6/h1-2,5-6,8,13-14H,3-4H2,(H2,10,11,15);2*7H,4-5H2,1-3H3;(H2,1,2,3)(H2,4,5,6)/q;2*+1;/p-2/t5-,6+,8+;;;/m0.../s1. The fraction of sp³-hybridized carbons (Fsp3) is 0.789. The number of nitrogen functional groups attached to an aromatic ring is 1. The lowest BCUT2D eigenvalue weighted by Gasteiger charge is -2.27. The Labute approximate surface area is 227 Å². The molecule has 20 heteroatoms. The summed E-state index contributed by atoms with van der Waals surface area (Å²) >= 11 is 0. The summed E-state index contributed by atoms with van der Waals surface area (Å²) in [5.74, 6) is 0.138. The normalized spacial score (nSPS) is 19.6. The van der Waals surface area contributed by atoms with Gasteiger partial charge in [-0.3, -0.25) is 8.88 Å². The summed E-state index contributed by atoms with van der Waals surface area (Å²) in [7, 11) is 1.59. The Morgan fingerprint density at radius 3 is 1.77 bits per heavy atom. The summed E-state index contributed by atoms with van der Waals surface area (Å²) in [4.78, 5) is 49.2. The second-order valence-corrected chi connectivity index (χ2v) is 12.7. The van der Waals surface area contributed by atoms with Crippen LogP contribution in [0.5, 0.6) is 0 Å². The number of hydrogen-bond donors (Lipinski definition) is 7. The van der Waals surface area contributed by atoms with E-state index in [1.165, 1.54) is 16.8 Å². The monoisotopic (exact) mass is 611 g/mol. The molecule has 0 aliphatic carbocycles. The van der Waals surface area contributed by atoms with Gasteiger partial charge in [-0.15, -0.1) is 0 Å². The lowest BCUT2D eigenvalue weighted by atomic mass is 10.2. The van der Waals surface area contributed by atoms with Gasteiger partial charge in [0.25, 0.3) is 0 Å². The number of rotatable bonds is 8. The molecule has 3 atom stereocenters. The van der Waals surface area contributed by atoms with E-state index in [1.54, 1.807) is 0 Å². The molecule has 0 amide bonds. The Morgan fingerprint density at radius 2 is 1.54 bits per heavy atom. The lowest BCUT2D eigenvalue weighted by Crippen LogP contribution is -2.36. The van der Waals surface area contributed by atoms with Gasteiger partial charge < -0.3 is 64.0 Å². The number of anilines is 1. The van der Waals surface area contributed by atoms with Crippen LogP contribution in [-0.4, -0.2) is 136 Å². The van der Waals surface area contributed by atoms with E-state index in [2.05, 4.69) is 51.6 Å². The van der Waals surface area contributed by atoms with Crippen molar-refractivity contribution < 1.29 is 67.1 Å². The fourth-order valence-electron chi connectivity index (χ4n) is 2.43. The molecule has 1 fully saturated rings. The Balaban J connectivity index is 0. The zero-order valence-electron chi connectivity index (χ0n) is 22.9. The Kier molecular flexibility index (Phi) is 17.8. The SMILES string of the molecule is C[N+](C)(C)CCO.C[N+](C)(C)CCO.Nc1ccn([C@H]2C[C@H](O)[C@@H](CO)O2)c(=O)n1.O=P([O-])([O-])OP(=O)(O)O. The van der Waals surface area contributed by atoms with Crippen molar-refractivity contribution >= 4 is 21.5 Å². The van der Waals surface area contributed by atoms with Crippen LogP contribution >= 0.6 is 15.6 Å². The maximum Gasteiger partial charge on any atom is 0.473 e. The molecule has 2 heterocycles. The van der Waals surface area contributed by atoms with Crippen LogP contribution in [-0.2, 0) is 18.2 Å². The fourth-order valence-corrected chi connectivity index (χ4v) is 3.47. The van der Waals surface area contributed by atoms with Crippen molar-refractivity contribution in [3.63, 3.8) is 0 Å². The minimum atomic E-state index is -5.55. The second-order valence-electron chi connectivity index (χ2n) is 10.2. The average molecular weight is 612 g/mol. The van der Waals surface area contributed by atoms with Gasteiger partial charge in [0.05, 0.1) is 76.0 Å². The number of aliphatic hydroxyl groups excluding tert-OH is 4. The molecular formula is C19H43N5O13P2. The summed E-state index contributed by atoms with van der Waals surface area (Å²) < 4.78 is 29.9. The highest BCUT2D eigenvalue weighted by Crippen LogP contribution is 2.49. The summed E-state index contributed by atoms with van der Waals surface area (Å²) in [6.45, 7) is 1.95. The van der Waals surface area contributed by atoms with E-state index in [4.69, 9.17) is 35.6 Å². The topological polar surface area (TPSA) is 281 Å². The van der Waals surface area contributed by atoms with E-state index in [9.17, 15) is 28.8 Å². The van der Waals surface area contributed by atoms with Gasteiger partial charge in [-0.2, -0.15) is 4.98 Å². The molecule has 1 saturated heterocycles. The first-order valence-corrected chi connectivity index (χ1v) is 14.3. The Hall–Kier alpha value is -1.34. The van der Waals surface area contributed by atoms with Crippen LogP contribution in [0.25, 0.3) is 0 Å². The number of hydrogen-bond acceptors (Lipinski definition) is 13. The van der Waals surface area contributed by atoms with Crippen molar-refractivity contribution in [3.05, 3.63) is 22.7 Å². The first-order valence-electron chi connectivity index (χ1n) is 11.3. The molecule has 1 aliphatic heterocycles. The van der Waals surface area contributed by atoms with Gasteiger partial charge in [0.1, 0.15) is 31.2 Å². The predicted molar refractivity (Wildman–Crippen MR) is 135 cm³/mol. The largest absolute Gasteiger partial charge is 0.789 e. The van der Waals surface area contributed by atoms with Crippen molar-refractivity contribution in [2.24, 2.45) is 0 Å². The maximum absolute atomic E-state index is 11.5. The van der Waals surface area contributed by atoms with Gasteiger partial charge in [-0.25, -0.2) is 9.36 Å². The third-order valence-corrected chi connectivity index (χ3v) is 5.94. The van der Waals surface area contributed by atoms with Crippen LogP contribution in [0.4, 0.5) is 5.82 Å². The summed E-state index contributed by atoms with van der Waals surface area (Å²) in [6.07, 6.45) is -0.333. The first kappa shape index (κ1) is 39.8. The van der Waals surface area contributed by atoms with E-state index in [1.807, 2.05) is 0 Å². The first-order chi connectivity index (χ1) is 17.4. The maximum atomic E-state index is 11.5. The zero-order chi connectivity index (χ0) is 31.2. The van der Waals surface area contributed by atoms with Crippen molar-refractivity contribution in [3.8, 4) is 0 Å². The highest BCUT2D eigenvalue weighted by atomic mass is 31.3. The lowest BCUT2D eigenvalue weighted by molar-refractivity contribution is -0.870. The van der Waals surface area contributed by atoms with Crippen LogP contribution < -0.4 is 21.2 Å². The van der Waals surface area contributed by atoms with Crippen LogP contribution in [0, 0.1) is 0 Å². The van der Waals surface area contributed by atoms with Gasteiger partial charge in [-0.1, -0.05) is 0 Å². The molecule has 1 aliphatic rings. The number of aromatic nitrogens is 2. The predicted octanol–water partition coefficient (Wildman–Crippen LogP) is -4.24. The Morgan fingerprint density at radius 1 is 1.08 bits per heavy atom. The molecule has 0 spiro atoms. The molecule has 232 valence electrons. The van der Waals surface area contributed by atoms with Crippen LogP contribution in [0.15, 0.2) is 17.1 Å². The molecule has 1 aromatic rings. The second kappa shape index (κ2) is 17.5. The van der Waals surface area contributed by atoms with E-state index >= 15 is 0 Å². The molecular weight excluding hydrogens is 568 g/mol. The van der Waals surface area contributed by atoms with Crippen molar-refractivity contribution in [2.45, 2.75) is 24.9 Å². The van der Waals surface area contributed by atoms with Crippen LogP contribution in [0.1, 0.15) is 12.6 Å². The number of nitrogens with two attached hydrogens (primary N) is 1. The van der Waals surface area contributed by atoms with Crippen molar-refractivity contribution in [2.75, 3.05) is 80.9 Å². The molecule has 8 N–H and O–H groups in total. The van der Waals surface area contributed by atoms with Crippen LogP contribution in [0.3, 0.4) is 0 Å². The molecule has 18 nitrogen and oxygen atoms in total. The summed E-state index contributed by atoms with van der Waals surface area (Å²) in [5.41, 5.74) is 4.82. The molecule has 0 saturated carbocycles. The van der Waals surface area contributed by atoms with Gasteiger partial charge >= 0.3 is 13.5 Å². The van der Waals surface area contributed by atoms with Gasteiger partial charge in [0.2, 0.25) is 0 Å². The third-order valence-electron chi connectivity index (χ3n) is 4.29. The minimum Gasteiger partial charge on any atom is -0.789 e. The van der Waals surface area contributed by atoms with E-state index in [-0.39, 0.29) is 32.1 Å². The van der Waals surface area contributed by atoms with Crippen LogP contribution in [0.2, 0.25) is 0 Å². The van der Waals surface area contributed by atoms with E-state index in [0.29, 0.717) is 0 Å². The number of quaternary nitrogens is 2. The number of likely N-dealkylation sites (N-methyl/N-ethyl adjacent to an activating group) is 2. The highest BCUT2D eigenvalue weighted by Gasteiger charge is 2.34. The third kappa shape index (κ3) is 23.1. The van der Waals surface area contributed by atoms with Crippen molar-refractivity contribution in [1.29, 1.82) is 0 Å². The quantitative estimate of drug-likeness (QED) is 0.108. The molecule has 39 heavy (non-hydrogen) atoms. The number of aliphatic hydroxyl groups is 4. The summed E-state index contributed by atoms with van der Waals surface area (Å²) in [6, 6.07) is 1.48.